The maximum absolute atomic E-state index is 5.22. The van der Waals surface area contributed by atoms with E-state index in [4.69, 9.17) is 4.74 Å². The number of hydrogen-bond acceptors (Lipinski definition) is 3. The lowest BCUT2D eigenvalue weighted by molar-refractivity contribution is 0.169. The molecule has 1 aliphatic carbocycles. The molecule has 2 aliphatic rings. The van der Waals surface area contributed by atoms with Crippen LogP contribution >= 0.6 is 0 Å². The molecule has 1 unspecified atom stereocenters. The second-order valence-electron chi connectivity index (χ2n) is 6.19. The normalized spacial score (nSPS) is 28.0. The SMILES string of the molecule is CCN1CCCC(NCC2(CCOC)CC2)CC1. The van der Waals surface area contributed by atoms with Gasteiger partial charge in [-0.3, -0.25) is 0 Å². The van der Waals surface area contributed by atoms with Gasteiger partial charge in [-0.25, -0.2) is 0 Å². The number of hydrogen-bond donors (Lipinski definition) is 1. The lowest BCUT2D eigenvalue weighted by Gasteiger charge is -2.22. The summed E-state index contributed by atoms with van der Waals surface area (Å²) in [5.74, 6) is 0. The zero-order valence-electron chi connectivity index (χ0n) is 12.2. The standard InChI is InChI=1S/C15H30N2O/c1-3-17-10-4-5-14(6-11-17)16-13-15(7-8-15)9-12-18-2/h14,16H,3-13H2,1-2H3. The third-order valence-electron chi connectivity index (χ3n) is 4.83. The van der Waals surface area contributed by atoms with Gasteiger partial charge in [0.05, 0.1) is 0 Å². The Morgan fingerprint density at radius 1 is 1.28 bits per heavy atom. The quantitative estimate of drug-likeness (QED) is 0.754. The molecule has 0 spiro atoms. The molecule has 106 valence electrons. The van der Waals surface area contributed by atoms with Gasteiger partial charge in [0.15, 0.2) is 0 Å². The number of methoxy groups -OCH3 is 1. The van der Waals surface area contributed by atoms with Crippen LogP contribution in [0, 0.1) is 5.41 Å². The summed E-state index contributed by atoms with van der Waals surface area (Å²) < 4.78 is 5.22. The van der Waals surface area contributed by atoms with Gasteiger partial charge in [0.1, 0.15) is 0 Å². The Kier molecular flexibility index (Phi) is 5.46. The van der Waals surface area contributed by atoms with Gasteiger partial charge in [-0.05, 0) is 63.6 Å². The van der Waals surface area contributed by atoms with Crippen molar-refractivity contribution in [2.45, 2.75) is 51.5 Å². The van der Waals surface area contributed by atoms with Crippen molar-refractivity contribution in [2.75, 3.05) is 39.9 Å². The topological polar surface area (TPSA) is 24.5 Å². The van der Waals surface area contributed by atoms with Crippen molar-refractivity contribution < 1.29 is 4.74 Å². The molecule has 0 bridgehead atoms. The van der Waals surface area contributed by atoms with Gasteiger partial charge in [0, 0.05) is 26.3 Å². The van der Waals surface area contributed by atoms with Gasteiger partial charge in [0.25, 0.3) is 0 Å². The molecule has 0 radical (unpaired) electrons. The molecular weight excluding hydrogens is 224 g/mol. The predicted octanol–water partition coefficient (Wildman–Crippen LogP) is 2.27. The van der Waals surface area contributed by atoms with Crippen molar-refractivity contribution >= 4 is 0 Å². The summed E-state index contributed by atoms with van der Waals surface area (Å²) in [6.45, 7) is 8.20. The summed E-state index contributed by atoms with van der Waals surface area (Å²) in [6.07, 6.45) is 8.08. The molecule has 1 saturated carbocycles. The van der Waals surface area contributed by atoms with Crippen molar-refractivity contribution in [1.29, 1.82) is 0 Å². The fourth-order valence-corrected chi connectivity index (χ4v) is 3.05. The fraction of sp³-hybridized carbons (Fsp3) is 1.00. The summed E-state index contributed by atoms with van der Waals surface area (Å²) in [6, 6.07) is 0.751. The number of rotatable bonds is 7. The van der Waals surface area contributed by atoms with Gasteiger partial charge < -0.3 is 15.0 Å². The van der Waals surface area contributed by atoms with Gasteiger partial charge in [-0.1, -0.05) is 6.92 Å². The Bertz CT molecular complexity index is 241. The zero-order valence-corrected chi connectivity index (χ0v) is 12.2. The number of likely N-dealkylation sites (tertiary alicyclic amines) is 1. The van der Waals surface area contributed by atoms with Crippen LogP contribution in [0.1, 0.15) is 45.4 Å². The predicted molar refractivity (Wildman–Crippen MR) is 75.9 cm³/mol. The van der Waals surface area contributed by atoms with E-state index in [2.05, 4.69) is 17.1 Å². The first-order valence-electron chi connectivity index (χ1n) is 7.73. The van der Waals surface area contributed by atoms with Crippen LogP contribution in [-0.2, 0) is 4.74 Å². The first kappa shape index (κ1) is 14.3. The van der Waals surface area contributed by atoms with Crippen LogP contribution < -0.4 is 5.32 Å². The minimum absolute atomic E-state index is 0.590. The van der Waals surface area contributed by atoms with E-state index in [1.807, 2.05) is 7.11 Å². The third kappa shape index (κ3) is 4.22. The molecule has 2 fully saturated rings. The van der Waals surface area contributed by atoms with Crippen LogP contribution in [0.5, 0.6) is 0 Å². The molecule has 2 rings (SSSR count). The molecule has 0 aromatic rings. The highest BCUT2D eigenvalue weighted by molar-refractivity contribution is 4.95. The van der Waals surface area contributed by atoms with E-state index < -0.39 is 0 Å². The minimum atomic E-state index is 0.590. The smallest absolute Gasteiger partial charge is 0.0468 e. The maximum atomic E-state index is 5.22. The molecule has 1 N–H and O–H groups in total. The zero-order chi connectivity index (χ0) is 12.8. The molecule has 1 aliphatic heterocycles. The Hall–Kier alpha value is -0.120. The van der Waals surface area contributed by atoms with E-state index >= 15 is 0 Å². The second-order valence-corrected chi connectivity index (χ2v) is 6.19. The molecule has 0 aromatic heterocycles. The van der Waals surface area contributed by atoms with E-state index in [1.54, 1.807) is 0 Å². The number of nitrogens with one attached hydrogen (secondary N) is 1. The average molecular weight is 254 g/mol. The fourth-order valence-electron chi connectivity index (χ4n) is 3.05. The van der Waals surface area contributed by atoms with Crippen LogP contribution in [0.2, 0.25) is 0 Å². The van der Waals surface area contributed by atoms with Crippen LogP contribution in [-0.4, -0.2) is 50.8 Å². The Balaban J connectivity index is 1.67. The summed E-state index contributed by atoms with van der Waals surface area (Å²) in [7, 11) is 1.81. The van der Waals surface area contributed by atoms with Crippen LogP contribution in [0.25, 0.3) is 0 Å². The Morgan fingerprint density at radius 3 is 2.78 bits per heavy atom. The van der Waals surface area contributed by atoms with E-state index in [-0.39, 0.29) is 0 Å². The summed E-state index contributed by atoms with van der Waals surface area (Å²) in [5.41, 5.74) is 0.590. The van der Waals surface area contributed by atoms with E-state index in [0.717, 1.165) is 12.6 Å². The van der Waals surface area contributed by atoms with Crippen molar-refractivity contribution in [2.24, 2.45) is 5.41 Å². The molecule has 0 aromatic carbocycles. The third-order valence-corrected chi connectivity index (χ3v) is 4.83. The molecule has 1 atom stereocenters. The number of ether oxygens (including phenoxy) is 1. The highest BCUT2D eigenvalue weighted by Crippen LogP contribution is 2.48. The second kappa shape index (κ2) is 6.88. The Labute approximate surface area is 112 Å². The van der Waals surface area contributed by atoms with Crippen LogP contribution in [0.4, 0.5) is 0 Å². The van der Waals surface area contributed by atoms with E-state index in [0.29, 0.717) is 5.41 Å². The van der Waals surface area contributed by atoms with E-state index in [9.17, 15) is 0 Å². The lowest BCUT2D eigenvalue weighted by atomic mass is 10.0. The van der Waals surface area contributed by atoms with Crippen LogP contribution in [0.15, 0.2) is 0 Å². The maximum Gasteiger partial charge on any atom is 0.0468 e. The molecular formula is C15H30N2O. The largest absolute Gasteiger partial charge is 0.385 e. The molecule has 1 heterocycles. The highest BCUT2D eigenvalue weighted by atomic mass is 16.5. The minimum Gasteiger partial charge on any atom is -0.385 e. The van der Waals surface area contributed by atoms with Crippen LogP contribution in [0.3, 0.4) is 0 Å². The van der Waals surface area contributed by atoms with Crippen molar-refractivity contribution in [3.8, 4) is 0 Å². The molecule has 3 heteroatoms. The highest BCUT2D eigenvalue weighted by Gasteiger charge is 2.41. The van der Waals surface area contributed by atoms with Gasteiger partial charge in [-0.15, -0.1) is 0 Å². The summed E-state index contributed by atoms with van der Waals surface area (Å²) in [5, 5.41) is 3.84. The van der Waals surface area contributed by atoms with Crippen molar-refractivity contribution in [3.63, 3.8) is 0 Å². The number of nitrogens with zero attached hydrogens (tertiary/aromatic N) is 1. The molecule has 0 amide bonds. The monoisotopic (exact) mass is 254 g/mol. The molecule has 1 saturated heterocycles. The van der Waals surface area contributed by atoms with Crippen molar-refractivity contribution in [3.05, 3.63) is 0 Å². The van der Waals surface area contributed by atoms with Gasteiger partial charge in [-0.2, -0.15) is 0 Å². The molecule has 3 nitrogen and oxygen atoms in total. The molecule has 18 heavy (non-hydrogen) atoms. The summed E-state index contributed by atoms with van der Waals surface area (Å²) >= 11 is 0. The first-order chi connectivity index (χ1) is 8.78. The van der Waals surface area contributed by atoms with Gasteiger partial charge >= 0.3 is 0 Å². The van der Waals surface area contributed by atoms with Crippen molar-refractivity contribution in [1.82, 2.24) is 10.2 Å². The first-order valence-corrected chi connectivity index (χ1v) is 7.73. The average Bonchev–Trinajstić information content (AvgIpc) is 3.19. The van der Waals surface area contributed by atoms with E-state index in [1.165, 1.54) is 64.7 Å². The summed E-state index contributed by atoms with van der Waals surface area (Å²) in [4.78, 5) is 2.58. The lowest BCUT2D eigenvalue weighted by Crippen LogP contribution is -2.35. The Morgan fingerprint density at radius 2 is 2.11 bits per heavy atom. The van der Waals surface area contributed by atoms with Gasteiger partial charge in [0.2, 0.25) is 0 Å².